The van der Waals surface area contributed by atoms with Gasteiger partial charge in [0.1, 0.15) is 0 Å². The Morgan fingerprint density at radius 3 is 2.68 bits per heavy atom. The van der Waals surface area contributed by atoms with Gasteiger partial charge in [-0.25, -0.2) is 4.79 Å². The summed E-state index contributed by atoms with van der Waals surface area (Å²) in [5.41, 5.74) is 3.19. The Kier molecular flexibility index (Phi) is 5.55. The molecular weight excluding hydrogens is 240 g/mol. The van der Waals surface area contributed by atoms with Crippen molar-refractivity contribution in [2.24, 2.45) is 5.41 Å². The predicted octanol–water partition coefficient (Wildman–Crippen LogP) is 3.16. The summed E-state index contributed by atoms with van der Waals surface area (Å²) < 4.78 is 4.70. The Morgan fingerprint density at radius 2 is 2.16 bits per heavy atom. The molecule has 1 N–H and O–H groups in total. The van der Waals surface area contributed by atoms with Gasteiger partial charge in [0.15, 0.2) is 0 Å². The van der Waals surface area contributed by atoms with Crippen LogP contribution in [-0.2, 0) is 9.53 Å². The molecular formula is C16H24O3. The molecule has 0 heterocycles. The highest BCUT2D eigenvalue weighted by molar-refractivity contribution is 5.91. The summed E-state index contributed by atoms with van der Waals surface area (Å²) in [4.78, 5) is 11.5. The molecule has 0 saturated heterocycles. The minimum atomic E-state index is -0.419. The number of esters is 1. The van der Waals surface area contributed by atoms with E-state index in [-0.39, 0.29) is 12.0 Å². The maximum Gasteiger partial charge on any atom is 0.337 e. The molecule has 3 nitrogen and oxygen atoms in total. The Hall–Kier alpha value is -1.35. The summed E-state index contributed by atoms with van der Waals surface area (Å²) in [7, 11) is 1.34. The highest BCUT2D eigenvalue weighted by Gasteiger charge is 2.26. The first-order chi connectivity index (χ1) is 8.92. The monoisotopic (exact) mass is 264 g/mol. The van der Waals surface area contributed by atoms with Crippen LogP contribution in [0, 0.1) is 5.41 Å². The molecule has 0 aromatic heterocycles. The molecule has 0 saturated carbocycles. The largest absolute Gasteiger partial charge is 0.465 e. The summed E-state index contributed by atoms with van der Waals surface area (Å²) in [5, 5.41) is 8.94. The summed E-state index contributed by atoms with van der Waals surface area (Å²) in [5.74, 6) is -0.419. The summed E-state index contributed by atoms with van der Waals surface area (Å²) in [6.07, 6.45) is 8.68. The lowest BCUT2D eigenvalue weighted by molar-refractivity contribution is -0.135. The number of ether oxygens (including phenoxy) is 1. The first-order valence-electron chi connectivity index (χ1n) is 6.70. The van der Waals surface area contributed by atoms with E-state index in [1.54, 1.807) is 6.08 Å². The number of aliphatic hydroxyl groups is 1. The topological polar surface area (TPSA) is 46.5 Å². The van der Waals surface area contributed by atoms with Crippen molar-refractivity contribution in [2.45, 2.75) is 40.0 Å². The second-order valence-electron chi connectivity index (χ2n) is 5.60. The van der Waals surface area contributed by atoms with Crippen LogP contribution in [-0.4, -0.2) is 24.8 Å². The SMILES string of the molecule is COC(=O)C(/C=C/C1=C(C)CCCC1(C)C)=C/CO. The summed E-state index contributed by atoms with van der Waals surface area (Å²) >= 11 is 0. The number of hydrogen-bond acceptors (Lipinski definition) is 3. The Balaban J connectivity index is 3.01. The van der Waals surface area contributed by atoms with Crippen LogP contribution < -0.4 is 0 Å². The first kappa shape index (κ1) is 15.7. The number of aliphatic hydroxyl groups excluding tert-OH is 1. The fraction of sp³-hybridized carbons (Fsp3) is 0.562. The molecule has 1 rings (SSSR count). The van der Waals surface area contributed by atoms with Gasteiger partial charge in [-0.2, -0.15) is 0 Å². The molecule has 0 unspecified atom stereocenters. The van der Waals surface area contributed by atoms with Crippen LogP contribution in [0.25, 0.3) is 0 Å². The second-order valence-corrected chi connectivity index (χ2v) is 5.60. The molecule has 0 fully saturated rings. The zero-order chi connectivity index (χ0) is 14.5. The van der Waals surface area contributed by atoms with Crippen molar-refractivity contribution >= 4 is 5.97 Å². The van der Waals surface area contributed by atoms with E-state index in [0.29, 0.717) is 5.57 Å². The van der Waals surface area contributed by atoms with Gasteiger partial charge in [0.25, 0.3) is 0 Å². The fourth-order valence-corrected chi connectivity index (χ4v) is 2.62. The van der Waals surface area contributed by atoms with E-state index in [1.807, 2.05) is 6.08 Å². The fourth-order valence-electron chi connectivity index (χ4n) is 2.62. The summed E-state index contributed by atoms with van der Waals surface area (Å²) in [6, 6.07) is 0. The first-order valence-corrected chi connectivity index (χ1v) is 6.70. The number of rotatable bonds is 4. The molecule has 0 spiro atoms. The molecule has 1 aliphatic carbocycles. The van der Waals surface area contributed by atoms with Crippen molar-refractivity contribution in [1.29, 1.82) is 0 Å². The van der Waals surface area contributed by atoms with Gasteiger partial charge in [0.05, 0.1) is 19.3 Å². The van der Waals surface area contributed by atoms with Crippen molar-refractivity contribution in [3.8, 4) is 0 Å². The van der Waals surface area contributed by atoms with Crippen LogP contribution in [0.3, 0.4) is 0 Å². The van der Waals surface area contributed by atoms with E-state index in [2.05, 4.69) is 20.8 Å². The smallest absolute Gasteiger partial charge is 0.337 e. The maximum absolute atomic E-state index is 11.5. The van der Waals surface area contributed by atoms with Gasteiger partial charge in [-0.05, 0) is 49.3 Å². The average Bonchev–Trinajstić information content (AvgIpc) is 2.35. The zero-order valence-electron chi connectivity index (χ0n) is 12.3. The third-order valence-electron chi connectivity index (χ3n) is 3.70. The van der Waals surface area contributed by atoms with E-state index in [9.17, 15) is 4.79 Å². The molecule has 0 bridgehead atoms. The van der Waals surface area contributed by atoms with E-state index < -0.39 is 5.97 Å². The highest BCUT2D eigenvalue weighted by Crippen LogP contribution is 2.40. The third kappa shape index (κ3) is 4.06. The van der Waals surface area contributed by atoms with Crippen molar-refractivity contribution in [2.75, 3.05) is 13.7 Å². The lowest BCUT2D eigenvalue weighted by atomic mass is 9.72. The minimum absolute atomic E-state index is 0.138. The molecule has 0 atom stereocenters. The highest BCUT2D eigenvalue weighted by atomic mass is 16.5. The number of carbonyl (C=O) groups is 1. The van der Waals surface area contributed by atoms with Crippen LogP contribution in [0.2, 0.25) is 0 Å². The van der Waals surface area contributed by atoms with Crippen LogP contribution in [0.15, 0.2) is 34.9 Å². The Bertz CT molecular complexity index is 425. The van der Waals surface area contributed by atoms with Crippen LogP contribution >= 0.6 is 0 Å². The molecule has 0 aromatic rings. The standard InChI is InChI=1S/C16H24O3/c1-12-6-5-10-16(2,3)14(12)8-7-13(9-11-17)15(18)19-4/h7-9,17H,5-6,10-11H2,1-4H3/b8-7+,13-9+. The minimum Gasteiger partial charge on any atom is -0.465 e. The zero-order valence-corrected chi connectivity index (χ0v) is 12.3. The van der Waals surface area contributed by atoms with Crippen molar-refractivity contribution in [3.63, 3.8) is 0 Å². The molecule has 1 aliphatic rings. The molecule has 0 aromatic carbocycles. The van der Waals surface area contributed by atoms with Gasteiger partial charge in [-0.3, -0.25) is 0 Å². The van der Waals surface area contributed by atoms with Crippen molar-refractivity contribution < 1.29 is 14.6 Å². The average molecular weight is 264 g/mol. The molecule has 0 radical (unpaired) electrons. The van der Waals surface area contributed by atoms with Gasteiger partial charge < -0.3 is 9.84 Å². The lowest BCUT2D eigenvalue weighted by Gasteiger charge is -2.32. The van der Waals surface area contributed by atoms with Gasteiger partial charge >= 0.3 is 5.97 Å². The van der Waals surface area contributed by atoms with E-state index in [4.69, 9.17) is 9.84 Å². The van der Waals surface area contributed by atoms with Gasteiger partial charge in [-0.1, -0.05) is 25.5 Å². The molecule has 106 valence electrons. The molecule has 0 amide bonds. The predicted molar refractivity (Wildman–Crippen MR) is 76.7 cm³/mol. The number of allylic oxidation sites excluding steroid dienone is 3. The molecule has 19 heavy (non-hydrogen) atoms. The second kappa shape index (κ2) is 6.71. The number of hydrogen-bond donors (Lipinski definition) is 1. The third-order valence-corrected chi connectivity index (χ3v) is 3.70. The quantitative estimate of drug-likeness (QED) is 0.482. The Morgan fingerprint density at radius 1 is 1.47 bits per heavy atom. The van der Waals surface area contributed by atoms with Crippen LogP contribution in [0.1, 0.15) is 40.0 Å². The van der Waals surface area contributed by atoms with E-state index >= 15 is 0 Å². The van der Waals surface area contributed by atoms with E-state index in [0.717, 1.165) is 12.8 Å². The lowest BCUT2D eigenvalue weighted by Crippen LogP contribution is -2.19. The van der Waals surface area contributed by atoms with Crippen molar-refractivity contribution in [3.05, 3.63) is 34.9 Å². The number of carbonyl (C=O) groups excluding carboxylic acids is 1. The normalized spacial score (nSPS) is 19.9. The van der Waals surface area contributed by atoms with Crippen LogP contribution in [0.5, 0.6) is 0 Å². The maximum atomic E-state index is 11.5. The summed E-state index contributed by atoms with van der Waals surface area (Å²) in [6.45, 7) is 6.43. The van der Waals surface area contributed by atoms with Gasteiger partial charge in [-0.15, -0.1) is 0 Å². The van der Waals surface area contributed by atoms with Gasteiger partial charge in [0.2, 0.25) is 0 Å². The van der Waals surface area contributed by atoms with Crippen LogP contribution in [0.4, 0.5) is 0 Å². The van der Waals surface area contributed by atoms with E-state index in [1.165, 1.54) is 30.8 Å². The molecule has 3 heteroatoms. The Labute approximate surface area is 115 Å². The van der Waals surface area contributed by atoms with Crippen molar-refractivity contribution in [1.82, 2.24) is 0 Å². The number of methoxy groups -OCH3 is 1. The molecule has 0 aliphatic heterocycles. The van der Waals surface area contributed by atoms with Gasteiger partial charge in [0, 0.05) is 0 Å².